The molecule has 2 nitrogen and oxygen atoms in total. The summed E-state index contributed by atoms with van der Waals surface area (Å²) in [5.74, 6) is -0.241. The molecule has 0 radical (unpaired) electrons. The predicted octanol–water partition coefficient (Wildman–Crippen LogP) is 13.3. The molecule has 0 bridgehead atoms. The van der Waals surface area contributed by atoms with E-state index in [1.54, 1.807) is 12.1 Å². The zero-order chi connectivity index (χ0) is 40.8. The zero-order valence-corrected chi connectivity index (χ0v) is 36.5. The van der Waals surface area contributed by atoms with Crippen molar-refractivity contribution in [1.29, 1.82) is 0 Å². The van der Waals surface area contributed by atoms with Crippen molar-refractivity contribution in [1.82, 2.24) is 0 Å². The van der Waals surface area contributed by atoms with Crippen LogP contribution in [0, 0.1) is 5.82 Å². The molecule has 0 fully saturated rings. The van der Waals surface area contributed by atoms with Crippen LogP contribution < -0.4 is 25.5 Å². The number of halogens is 1. The molecule has 6 aromatic carbocycles. The van der Waals surface area contributed by atoms with Crippen LogP contribution in [0.4, 0.5) is 38.5 Å². The number of rotatable bonds is 2. The van der Waals surface area contributed by atoms with Gasteiger partial charge in [-0.3, -0.25) is 0 Å². The largest absolute Gasteiger partial charge is 0.311 e. The Balaban J connectivity index is 1.31. The minimum atomic E-state index is -0.241. The molecule has 10 rings (SSSR count). The fourth-order valence-electron chi connectivity index (χ4n) is 9.88. The van der Waals surface area contributed by atoms with E-state index < -0.39 is 0 Å². The lowest BCUT2D eigenvalue weighted by Crippen LogP contribution is -2.60. The molecule has 1 aromatic heterocycles. The van der Waals surface area contributed by atoms with Gasteiger partial charge in [0.05, 0.1) is 5.69 Å². The Labute approximate surface area is 348 Å². The van der Waals surface area contributed by atoms with Crippen LogP contribution in [-0.2, 0) is 21.7 Å². The second kappa shape index (κ2) is 12.2. The Morgan fingerprint density at radius 2 is 1.10 bits per heavy atom. The highest BCUT2D eigenvalue weighted by Crippen LogP contribution is 2.54. The van der Waals surface area contributed by atoms with Crippen molar-refractivity contribution in [2.75, 3.05) is 9.80 Å². The van der Waals surface area contributed by atoms with Crippen molar-refractivity contribution >= 4 is 78.0 Å². The summed E-state index contributed by atoms with van der Waals surface area (Å²) < 4.78 is 19.3. The van der Waals surface area contributed by atoms with E-state index in [1.165, 1.54) is 59.3 Å². The van der Waals surface area contributed by atoms with Gasteiger partial charge in [-0.15, -0.1) is 11.3 Å². The molecule has 3 heterocycles. The molecule has 3 aliphatic rings. The van der Waals surface area contributed by atoms with Gasteiger partial charge in [-0.1, -0.05) is 137 Å². The Bertz CT molecular complexity index is 2830. The molecule has 0 saturated heterocycles. The van der Waals surface area contributed by atoms with Gasteiger partial charge in [0.15, 0.2) is 0 Å². The van der Waals surface area contributed by atoms with Crippen LogP contribution in [0.3, 0.4) is 0 Å². The highest BCUT2D eigenvalue weighted by atomic mass is 32.1. The second-order valence-electron chi connectivity index (χ2n) is 20.5. The number of anilines is 6. The zero-order valence-electron chi connectivity index (χ0n) is 35.7. The van der Waals surface area contributed by atoms with Crippen molar-refractivity contribution in [2.45, 2.75) is 97.8 Å². The van der Waals surface area contributed by atoms with E-state index >= 15 is 4.39 Å². The predicted molar refractivity (Wildman–Crippen MR) is 249 cm³/mol. The lowest BCUT2D eigenvalue weighted by atomic mass is 9.36. The highest BCUT2D eigenvalue weighted by molar-refractivity contribution is 7.33. The number of nitrogens with zero attached hydrogens (tertiary/aromatic N) is 2. The molecule has 2 aliphatic heterocycles. The van der Waals surface area contributed by atoms with Gasteiger partial charge in [0.25, 0.3) is 6.71 Å². The first-order chi connectivity index (χ1) is 27.3. The van der Waals surface area contributed by atoms with Crippen LogP contribution in [0.2, 0.25) is 0 Å². The van der Waals surface area contributed by atoms with Gasteiger partial charge < -0.3 is 9.80 Å². The molecule has 58 heavy (non-hydrogen) atoms. The van der Waals surface area contributed by atoms with E-state index in [0.29, 0.717) is 0 Å². The first kappa shape index (κ1) is 37.2. The number of thiophene rings is 1. The lowest BCUT2D eigenvalue weighted by molar-refractivity contribution is 0.590. The molecule has 1 aliphatic carbocycles. The third-order valence-electron chi connectivity index (χ3n) is 13.2. The van der Waals surface area contributed by atoms with Gasteiger partial charge >= 0.3 is 0 Å². The van der Waals surface area contributed by atoms with E-state index in [1.807, 2.05) is 11.3 Å². The molecule has 0 N–H and O–H groups in total. The average Bonchev–Trinajstić information content (AvgIpc) is 3.64. The average molecular weight is 779 g/mol. The molecule has 0 unspecified atom stereocenters. The third kappa shape index (κ3) is 5.41. The summed E-state index contributed by atoms with van der Waals surface area (Å²) in [6, 6.07) is 42.3. The SMILES string of the molecule is CC(C)(C)c1ccc(N2c3ccc(C(C)(C)C)cc3B3c4sc5cc6c(cc5c4N(c4ccc(C(C)(C)C)cc4)c4cc(F)cc2c43)-c2ccccc2C6(C)C)cc1. The summed E-state index contributed by atoms with van der Waals surface area (Å²) in [5.41, 5.74) is 17.6. The fourth-order valence-corrected chi connectivity index (χ4v) is 11.2. The summed E-state index contributed by atoms with van der Waals surface area (Å²) in [5, 5.41) is 1.22. The van der Waals surface area contributed by atoms with Crippen molar-refractivity contribution in [3.05, 3.63) is 149 Å². The van der Waals surface area contributed by atoms with Crippen LogP contribution >= 0.6 is 11.3 Å². The van der Waals surface area contributed by atoms with Gasteiger partial charge in [0.2, 0.25) is 0 Å². The van der Waals surface area contributed by atoms with Crippen molar-refractivity contribution in [3.8, 4) is 11.1 Å². The van der Waals surface area contributed by atoms with Crippen LogP contribution in [0.5, 0.6) is 0 Å². The number of benzene rings is 6. The Hall–Kier alpha value is -5.13. The Morgan fingerprint density at radius 1 is 0.552 bits per heavy atom. The number of hydrogen-bond donors (Lipinski definition) is 0. The second-order valence-corrected chi connectivity index (χ2v) is 21.5. The summed E-state index contributed by atoms with van der Waals surface area (Å²) in [6.45, 7) is 25.0. The molecular weight excluding hydrogens is 726 g/mol. The topological polar surface area (TPSA) is 6.48 Å². The summed E-state index contributed by atoms with van der Waals surface area (Å²) in [7, 11) is 0. The van der Waals surface area contributed by atoms with Gasteiger partial charge in [0, 0.05) is 48.7 Å². The normalized spacial score (nSPS) is 15.3. The molecular formula is C53H52BFN2S. The van der Waals surface area contributed by atoms with Crippen molar-refractivity contribution in [3.63, 3.8) is 0 Å². The number of fused-ring (bicyclic) bond motifs is 9. The molecule has 5 heteroatoms. The van der Waals surface area contributed by atoms with Crippen LogP contribution in [-0.4, -0.2) is 6.71 Å². The van der Waals surface area contributed by atoms with Crippen LogP contribution in [0.1, 0.15) is 104 Å². The van der Waals surface area contributed by atoms with E-state index in [9.17, 15) is 0 Å². The van der Waals surface area contributed by atoms with Gasteiger partial charge in [-0.05, 0) is 121 Å². The molecule has 7 aromatic rings. The van der Waals surface area contributed by atoms with E-state index in [4.69, 9.17) is 0 Å². The Morgan fingerprint density at radius 3 is 1.71 bits per heavy atom. The van der Waals surface area contributed by atoms with Crippen molar-refractivity contribution < 1.29 is 4.39 Å². The third-order valence-corrected chi connectivity index (χ3v) is 14.4. The highest BCUT2D eigenvalue weighted by Gasteiger charge is 2.47. The van der Waals surface area contributed by atoms with E-state index in [0.717, 1.165) is 39.6 Å². The maximum Gasteiger partial charge on any atom is 0.264 e. The van der Waals surface area contributed by atoms with Gasteiger partial charge in [0.1, 0.15) is 5.82 Å². The van der Waals surface area contributed by atoms with E-state index in [-0.39, 0.29) is 34.2 Å². The van der Waals surface area contributed by atoms with Gasteiger partial charge in [-0.2, -0.15) is 0 Å². The first-order valence-electron chi connectivity index (χ1n) is 20.8. The molecule has 0 atom stereocenters. The van der Waals surface area contributed by atoms with Crippen LogP contribution in [0.25, 0.3) is 21.2 Å². The minimum Gasteiger partial charge on any atom is -0.311 e. The minimum absolute atomic E-state index is 0.00203. The quantitative estimate of drug-likeness (QED) is 0.161. The number of hydrogen-bond acceptors (Lipinski definition) is 3. The standard InChI is InChI=1S/C53H52BFN2S/c1-50(2,3)31-16-21-35(22-17-31)56-43-25-20-33(52(7,8)9)26-42(43)54-47-44(56)27-34(55)28-45(47)57(36-23-18-32(19-24-36)51(4,5)6)48-39-29-38-37-14-12-13-15-40(37)53(10,11)41(38)30-46(39)58-49(48)54/h12-30H,1-11H3. The summed E-state index contributed by atoms with van der Waals surface area (Å²) >= 11 is 1.92. The molecule has 0 amide bonds. The van der Waals surface area contributed by atoms with E-state index in [2.05, 4.69) is 189 Å². The monoisotopic (exact) mass is 778 g/mol. The smallest absolute Gasteiger partial charge is 0.264 e. The molecule has 0 saturated carbocycles. The molecule has 290 valence electrons. The fraction of sp³-hybridized carbons (Fsp3) is 0.283. The first-order valence-corrected chi connectivity index (χ1v) is 21.6. The van der Waals surface area contributed by atoms with Crippen LogP contribution in [0.15, 0.2) is 115 Å². The summed E-state index contributed by atoms with van der Waals surface area (Å²) in [6.07, 6.45) is 0. The van der Waals surface area contributed by atoms with Crippen molar-refractivity contribution in [2.24, 2.45) is 0 Å². The summed E-state index contributed by atoms with van der Waals surface area (Å²) in [4.78, 5) is 4.71. The Kier molecular flexibility index (Phi) is 7.82. The maximum absolute atomic E-state index is 16.7. The maximum atomic E-state index is 16.7. The molecule has 0 spiro atoms. The lowest BCUT2D eigenvalue weighted by Gasteiger charge is -2.43. The van der Waals surface area contributed by atoms with Gasteiger partial charge in [-0.25, -0.2) is 4.39 Å².